The Bertz CT molecular complexity index is 1060. The summed E-state index contributed by atoms with van der Waals surface area (Å²) >= 11 is 0. The molecule has 1 aliphatic rings. The van der Waals surface area contributed by atoms with Crippen LogP contribution in [0.15, 0.2) is 42.5 Å². The minimum Gasteiger partial charge on any atom is -0.368 e. The molecule has 5 heteroatoms. The number of fused-ring (bicyclic) bond motifs is 1. The highest BCUT2D eigenvalue weighted by Crippen LogP contribution is 2.25. The first-order valence-electron chi connectivity index (χ1n) is 9.61. The maximum Gasteiger partial charge on any atom is 0.255 e. The van der Waals surface area contributed by atoms with Crippen LogP contribution >= 0.6 is 0 Å². The lowest BCUT2D eigenvalue weighted by molar-refractivity contribution is 0.0745. The fraction of sp³-hybridized carbons (Fsp3) is 0.304. The highest BCUT2D eigenvalue weighted by atomic mass is 19.1. The van der Waals surface area contributed by atoms with Crippen LogP contribution in [0, 0.1) is 26.6 Å². The Morgan fingerprint density at radius 1 is 1.00 bits per heavy atom. The van der Waals surface area contributed by atoms with Gasteiger partial charge in [-0.2, -0.15) is 0 Å². The van der Waals surface area contributed by atoms with E-state index in [9.17, 15) is 9.18 Å². The van der Waals surface area contributed by atoms with Crippen LogP contribution in [0.3, 0.4) is 0 Å². The molecular formula is C23H24FN3O. The molecule has 0 unspecified atom stereocenters. The molecule has 1 aliphatic heterocycles. The third kappa shape index (κ3) is 3.33. The average molecular weight is 377 g/mol. The second kappa shape index (κ2) is 7.23. The van der Waals surface area contributed by atoms with Crippen molar-refractivity contribution in [3.63, 3.8) is 0 Å². The van der Waals surface area contributed by atoms with E-state index in [1.807, 2.05) is 17.9 Å². The van der Waals surface area contributed by atoms with Crippen molar-refractivity contribution in [2.75, 3.05) is 31.1 Å². The molecule has 0 spiro atoms. The molecule has 0 saturated carbocycles. The van der Waals surface area contributed by atoms with Crippen LogP contribution < -0.4 is 4.90 Å². The average Bonchev–Trinajstić information content (AvgIpc) is 2.69. The van der Waals surface area contributed by atoms with Crippen molar-refractivity contribution in [2.45, 2.75) is 20.8 Å². The largest absolute Gasteiger partial charge is 0.368 e. The lowest BCUT2D eigenvalue weighted by atomic mass is 10.1. The maximum absolute atomic E-state index is 13.4. The molecule has 4 rings (SSSR count). The zero-order chi connectivity index (χ0) is 19.8. The van der Waals surface area contributed by atoms with Crippen LogP contribution in [0.5, 0.6) is 0 Å². The van der Waals surface area contributed by atoms with Crippen molar-refractivity contribution in [3.05, 3.63) is 70.7 Å². The number of piperazine rings is 1. The number of aromatic nitrogens is 1. The van der Waals surface area contributed by atoms with E-state index in [1.165, 1.54) is 28.9 Å². The summed E-state index contributed by atoms with van der Waals surface area (Å²) in [5, 5.41) is 0.782. The number of amides is 1. The normalized spacial score (nSPS) is 14.6. The Hall–Kier alpha value is -2.95. The zero-order valence-electron chi connectivity index (χ0n) is 16.5. The molecule has 1 fully saturated rings. The molecule has 1 aromatic heterocycles. The molecule has 0 atom stereocenters. The first-order chi connectivity index (χ1) is 13.4. The molecule has 0 radical (unpaired) electrons. The second-order valence-electron chi connectivity index (χ2n) is 7.46. The second-order valence-corrected chi connectivity index (χ2v) is 7.46. The molecule has 1 saturated heterocycles. The van der Waals surface area contributed by atoms with Gasteiger partial charge in [0.1, 0.15) is 5.82 Å². The Balaban J connectivity index is 1.53. The Morgan fingerprint density at radius 3 is 2.50 bits per heavy atom. The minimum atomic E-state index is -0.318. The summed E-state index contributed by atoms with van der Waals surface area (Å²) in [4.78, 5) is 21.8. The predicted octanol–water partition coefficient (Wildman–Crippen LogP) is 4.26. The number of nitrogens with zero attached hydrogens (tertiary/aromatic N) is 3. The highest BCUT2D eigenvalue weighted by molar-refractivity contribution is 5.98. The van der Waals surface area contributed by atoms with Crippen LogP contribution in [0.25, 0.3) is 10.9 Å². The van der Waals surface area contributed by atoms with Gasteiger partial charge in [-0.1, -0.05) is 12.1 Å². The SMILES string of the molecule is Cc1cccc(N2CCN(C(=O)c3cc4ccc(F)cc4nc3C)CC2)c1C. The molecule has 28 heavy (non-hydrogen) atoms. The minimum absolute atomic E-state index is 0.00293. The number of hydrogen-bond donors (Lipinski definition) is 0. The summed E-state index contributed by atoms with van der Waals surface area (Å²) in [5.41, 5.74) is 5.64. The van der Waals surface area contributed by atoms with Gasteiger partial charge in [0, 0.05) is 43.3 Å². The third-order valence-corrected chi connectivity index (χ3v) is 5.68. The maximum atomic E-state index is 13.4. The number of anilines is 1. The van der Waals surface area contributed by atoms with Gasteiger partial charge in [0.15, 0.2) is 0 Å². The number of aryl methyl sites for hydroxylation is 2. The van der Waals surface area contributed by atoms with Gasteiger partial charge in [-0.3, -0.25) is 9.78 Å². The fourth-order valence-electron chi connectivity index (χ4n) is 3.85. The predicted molar refractivity (Wildman–Crippen MR) is 110 cm³/mol. The lowest BCUT2D eigenvalue weighted by Gasteiger charge is -2.37. The summed E-state index contributed by atoms with van der Waals surface area (Å²) in [6.07, 6.45) is 0. The number of rotatable bonds is 2. The van der Waals surface area contributed by atoms with Gasteiger partial charge in [-0.05, 0) is 56.2 Å². The summed E-state index contributed by atoms with van der Waals surface area (Å²) in [7, 11) is 0. The van der Waals surface area contributed by atoms with E-state index in [-0.39, 0.29) is 11.7 Å². The number of halogens is 1. The molecule has 3 aromatic rings. The van der Waals surface area contributed by atoms with Crippen molar-refractivity contribution in [3.8, 4) is 0 Å². The summed E-state index contributed by atoms with van der Waals surface area (Å²) in [5.74, 6) is -0.321. The fourth-order valence-corrected chi connectivity index (χ4v) is 3.85. The van der Waals surface area contributed by atoms with Crippen LogP contribution in [0.2, 0.25) is 0 Å². The quantitative estimate of drug-likeness (QED) is 0.669. The Labute approximate surface area is 164 Å². The van der Waals surface area contributed by atoms with Crippen LogP contribution in [0.1, 0.15) is 27.2 Å². The van der Waals surface area contributed by atoms with Gasteiger partial charge in [0.05, 0.1) is 16.8 Å². The first kappa shape index (κ1) is 18.4. The summed E-state index contributed by atoms with van der Waals surface area (Å²) in [6.45, 7) is 9.04. The summed E-state index contributed by atoms with van der Waals surface area (Å²) < 4.78 is 13.4. The smallest absolute Gasteiger partial charge is 0.255 e. The summed E-state index contributed by atoms with van der Waals surface area (Å²) in [6, 6.07) is 12.7. The van der Waals surface area contributed by atoms with E-state index in [0.29, 0.717) is 29.9 Å². The van der Waals surface area contributed by atoms with Crippen molar-refractivity contribution in [1.29, 1.82) is 0 Å². The molecule has 0 aliphatic carbocycles. The number of hydrogen-bond acceptors (Lipinski definition) is 3. The van der Waals surface area contributed by atoms with Crippen molar-refractivity contribution in [1.82, 2.24) is 9.88 Å². The van der Waals surface area contributed by atoms with Crippen LogP contribution in [-0.2, 0) is 0 Å². The lowest BCUT2D eigenvalue weighted by Crippen LogP contribution is -2.49. The third-order valence-electron chi connectivity index (χ3n) is 5.68. The number of pyridine rings is 1. The van der Waals surface area contributed by atoms with E-state index in [2.05, 4.69) is 41.9 Å². The topological polar surface area (TPSA) is 36.4 Å². The molecular weight excluding hydrogens is 353 g/mol. The van der Waals surface area contributed by atoms with E-state index in [0.717, 1.165) is 18.5 Å². The molecule has 0 bridgehead atoms. The molecule has 2 aromatic carbocycles. The number of benzene rings is 2. The van der Waals surface area contributed by atoms with Crippen molar-refractivity contribution < 1.29 is 9.18 Å². The van der Waals surface area contributed by atoms with Gasteiger partial charge in [-0.25, -0.2) is 4.39 Å². The number of carbonyl (C=O) groups is 1. The zero-order valence-corrected chi connectivity index (χ0v) is 16.5. The molecule has 2 heterocycles. The molecule has 0 N–H and O–H groups in total. The molecule has 4 nitrogen and oxygen atoms in total. The highest BCUT2D eigenvalue weighted by Gasteiger charge is 2.24. The van der Waals surface area contributed by atoms with Crippen molar-refractivity contribution >= 4 is 22.5 Å². The Morgan fingerprint density at radius 2 is 1.75 bits per heavy atom. The first-order valence-corrected chi connectivity index (χ1v) is 9.61. The van der Waals surface area contributed by atoms with E-state index in [1.54, 1.807) is 6.07 Å². The van der Waals surface area contributed by atoms with Gasteiger partial charge in [-0.15, -0.1) is 0 Å². The van der Waals surface area contributed by atoms with Gasteiger partial charge >= 0.3 is 0 Å². The van der Waals surface area contributed by atoms with Gasteiger partial charge < -0.3 is 9.80 Å². The monoisotopic (exact) mass is 377 g/mol. The van der Waals surface area contributed by atoms with E-state index >= 15 is 0 Å². The van der Waals surface area contributed by atoms with Gasteiger partial charge in [0.2, 0.25) is 0 Å². The van der Waals surface area contributed by atoms with E-state index < -0.39 is 0 Å². The standard InChI is InChI=1S/C23H24FN3O/c1-15-5-4-6-22(16(15)2)26-9-11-27(12-10-26)23(28)20-13-18-7-8-19(24)14-21(18)25-17(20)3/h4-8,13-14H,9-12H2,1-3H3. The molecule has 1 amide bonds. The van der Waals surface area contributed by atoms with E-state index in [4.69, 9.17) is 0 Å². The Kier molecular flexibility index (Phi) is 4.75. The number of carbonyl (C=O) groups excluding carboxylic acids is 1. The van der Waals surface area contributed by atoms with Crippen LogP contribution in [-0.4, -0.2) is 42.0 Å². The van der Waals surface area contributed by atoms with Crippen molar-refractivity contribution in [2.24, 2.45) is 0 Å². The molecule has 144 valence electrons. The van der Waals surface area contributed by atoms with Crippen LogP contribution in [0.4, 0.5) is 10.1 Å². The van der Waals surface area contributed by atoms with Gasteiger partial charge in [0.25, 0.3) is 5.91 Å².